The molecule has 2 aromatic rings. The van der Waals surface area contributed by atoms with E-state index < -0.39 is 10.0 Å². The summed E-state index contributed by atoms with van der Waals surface area (Å²) in [6.07, 6.45) is 0.736. The molecule has 96 valence electrons. The Morgan fingerprint density at radius 1 is 1.17 bits per heavy atom. The van der Waals surface area contributed by atoms with Gasteiger partial charge in [-0.15, -0.1) is 11.6 Å². The topological polar surface area (TPSA) is 46.2 Å². The van der Waals surface area contributed by atoms with Gasteiger partial charge >= 0.3 is 0 Å². The highest BCUT2D eigenvalue weighted by Gasteiger charge is 2.13. The molecule has 1 heterocycles. The minimum Gasteiger partial charge on any atom is -0.279 e. The summed E-state index contributed by atoms with van der Waals surface area (Å²) in [5, 5.41) is 3.57. The number of hydrogen-bond donors (Lipinski definition) is 1. The molecule has 3 nitrogen and oxygen atoms in total. The van der Waals surface area contributed by atoms with E-state index in [9.17, 15) is 8.42 Å². The molecule has 0 radical (unpaired) electrons. The molecule has 0 saturated carbocycles. The average molecular weight is 302 g/mol. The zero-order valence-electron chi connectivity index (χ0n) is 9.47. The van der Waals surface area contributed by atoms with Gasteiger partial charge in [0.05, 0.1) is 10.6 Å². The van der Waals surface area contributed by atoms with Crippen LogP contribution in [0.25, 0.3) is 0 Å². The molecule has 0 atom stereocenters. The van der Waals surface area contributed by atoms with Crippen LogP contribution in [0.2, 0.25) is 0 Å². The van der Waals surface area contributed by atoms with Crippen molar-refractivity contribution in [2.24, 2.45) is 0 Å². The third-order valence-electron chi connectivity index (χ3n) is 2.39. The number of benzene rings is 1. The summed E-state index contributed by atoms with van der Waals surface area (Å²) in [6.45, 7) is 0. The van der Waals surface area contributed by atoms with E-state index in [1.54, 1.807) is 35.7 Å². The molecule has 0 bridgehead atoms. The van der Waals surface area contributed by atoms with Crippen molar-refractivity contribution in [3.8, 4) is 0 Å². The molecule has 1 N–H and O–H groups in total. The van der Waals surface area contributed by atoms with Crippen molar-refractivity contribution >= 4 is 38.6 Å². The van der Waals surface area contributed by atoms with Crippen LogP contribution in [0.4, 0.5) is 5.69 Å². The van der Waals surface area contributed by atoms with Crippen molar-refractivity contribution in [1.29, 1.82) is 0 Å². The Balaban J connectivity index is 2.19. The third kappa shape index (κ3) is 3.25. The molecule has 0 fully saturated rings. The van der Waals surface area contributed by atoms with Gasteiger partial charge in [0.25, 0.3) is 10.0 Å². The number of rotatable bonds is 5. The molecule has 0 saturated heterocycles. The number of hydrogen-bond acceptors (Lipinski definition) is 3. The molecule has 2 rings (SSSR count). The maximum atomic E-state index is 12.0. The lowest BCUT2D eigenvalue weighted by Gasteiger charge is -2.06. The highest BCUT2D eigenvalue weighted by molar-refractivity contribution is 7.92. The normalized spacial score (nSPS) is 11.4. The van der Waals surface area contributed by atoms with E-state index in [0.29, 0.717) is 11.6 Å². The van der Waals surface area contributed by atoms with E-state index in [-0.39, 0.29) is 4.90 Å². The number of anilines is 1. The first kappa shape index (κ1) is 13.4. The van der Waals surface area contributed by atoms with Crippen molar-refractivity contribution in [2.75, 3.05) is 10.6 Å². The van der Waals surface area contributed by atoms with Gasteiger partial charge in [-0.05, 0) is 35.6 Å². The van der Waals surface area contributed by atoms with Gasteiger partial charge in [0.15, 0.2) is 0 Å². The van der Waals surface area contributed by atoms with E-state index in [2.05, 4.69) is 4.72 Å². The van der Waals surface area contributed by atoms with Crippen LogP contribution in [0.3, 0.4) is 0 Å². The largest absolute Gasteiger partial charge is 0.279 e. The van der Waals surface area contributed by atoms with Gasteiger partial charge in [0.1, 0.15) is 0 Å². The Hall–Kier alpha value is -1.04. The summed E-state index contributed by atoms with van der Waals surface area (Å²) in [5.74, 6) is 0.527. The van der Waals surface area contributed by atoms with Gasteiger partial charge in [-0.2, -0.15) is 11.3 Å². The van der Waals surface area contributed by atoms with E-state index in [4.69, 9.17) is 11.6 Å². The quantitative estimate of drug-likeness (QED) is 0.861. The van der Waals surface area contributed by atoms with E-state index >= 15 is 0 Å². The molecule has 0 amide bonds. The molecule has 6 heteroatoms. The third-order valence-corrected chi connectivity index (χ3v) is 4.66. The van der Waals surface area contributed by atoms with Crippen LogP contribution < -0.4 is 4.72 Å². The number of alkyl halides is 1. The average Bonchev–Trinajstić information content (AvgIpc) is 2.82. The zero-order valence-corrected chi connectivity index (χ0v) is 11.9. The lowest BCUT2D eigenvalue weighted by atomic mass is 10.2. The SMILES string of the molecule is O=S(=O)(Nc1ccsc1)c1ccc(CCCl)cc1. The summed E-state index contributed by atoms with van der Waals surface area (Å²) in [7, 11) is -3.49. The van der Waals surface area contributed by atoms with E-state index in [1.807, 2.05) is 5.38 Å². The molecule has 1 aromatic heterocycles. The lowest BCUT2D eigenvalue weighted by Crippen LogP contribution is -2.12. The highest BCUT2D eigenvalue weighted by atomic mass is 35.5. The van der Waals surface area contributed by atoms with Crippen LogP contribution in [0.15, 0.2) is 46.0 Å². The van der Waals surface area contributed by atoms with E-state index in [0.717, 1.165) is 12.0 Å². The molecule has 0 aliphatic heterocycles. The molecule has 1 aromatic carbocycles. The molecule has 0 aliphatic carbocycles. The van der Waals surface area contributed by atoms with Crippen LogP contribution in [0.5, 0.6) is 0 Å². The second-order valence-electron chi connectivity index (χ2n) is 3.70. The smallest absolute Gasteiger partial charge is 0.261 e. The molecule has 0 spiro atoms. The van der Waals surface area contributed by atoms with Gasteiger partial charge in [0, 0.05) is 11.3 Å². The molecular weight excluding hydrogens is 290 g/mol. The van der Waals surface area contributed by atoms with Crippen LogP contribution in [-0.2, 0) is 16.4 Å². The minimum atomic E-state index is -3.49. The van der Waals surface area contributed by atoms with Crippen molar-refractivity contribution in [2.45, 2.75) is 11.3 Å². The standard InChI is InChI=1S/C12H12ClNO2S2/c13-7-5-10-1-3-12(4-2-10)18(15,16)14-11-6-8-17-9-11/h1-4,6,8-9,14H,5,7H2. The fourth-order valence-electron chi connectivity index (χ4n) is 1.48. The van der Waals surface area contributed by atoms with Gasteiger partial charge in [-0.3, -0.25) is 4.72 Å². The van der Waals surface area contributed by atoms with Crippen molar-refractivity contribution in [3.63, 3.8) is 0 Å². The summed E-state index contributed by atoms with van der Waals surface area (Å²) < 4.78 is 26.6. The first-order valence-corrected chi connectivity index (χ1v) is 8.28. The van der Waals surface area contributed by atoms with E-state index in [1.165, 1.54) is 11.3 Å². The number of nitrogens with one attached hydrogen (secondary N) is 1. The maximum absolute atomic E-state index is 12.0. The van der Waals surface area contributed by atoms with Crippen molar-refractivity contribution < 1.29 is 8.42 Å². The Morgan fingerprint density at radius 3 is 2.44 bits per heavy atom. The van der Waals surface area contributed by atoms with Gasteiger partial charge in [-0.1, -0.05) is 12.1 Å². The number of halogens is 1. The Labute approximate surface area is 115 Å². The number of aryl methyl sites for hydroxylation is 1. The summed E-state index contributed by atoms with van der Waals surface area (Å²) >= 11 is 7.07. The Bertz CT molecular complexity index is 592. The second-order valence-corrected chi connectivity index (χ2v) is 6.54. The lowest BCUT2D eigenvalue weighted by molar-refractivity contribution is 0.601. The van der Waals surface area contributed by atoms with Crippen LogP contribution in [0, 0.1) is 0 Å². The molecular formula is C12H12ClNO2S2. The zero-order chi connectivity index (χ0) is 13.0. The predicted octanol–water partition coefficient (Wildman–Crippen LogP) is 3.33. The monoisotopic (exact) mass is 301 g/mol. The summed E-state index contributed by atoms with van der Waals surface area (Å²) in [4.78, 5) is 0.257. The van der Waals surface area contributed by atoms with Crippen LogP contribution >= 0.6 is 22.9 Å². The Kier molecular flexibility index (Phi) is 4.27. The minimum absolute atomic E-state index is 0.257. The first-order chi connectivity index (χ1) is 8.62. The molecule has 0 unspecified atom stereocenters. The maximum Gasteiger partial charge on any atom is 0.261 e. The molecule has 18 heavy (non-hydrogen) atoms. The number of thiophene rings is 1. The molecule has 0 aliphatic rings. The van der Waals surface area contributed by atoms with Gasteiger partial charge < -0.3 is 0 Å². The highest BCUT2D eigenvalue weighted by Crippen LogP contribution is 2.18. The first-order valence-electron chi connectivity index (χ1n) is 5.32. The second kappa shape index (κ2) is 5.73. The fraction of sp³-hybridized carbons (Fsp3) is 0.167. The summed E-state index contributed by atoms with van der Waals surface area (Å²) in [5.41, 5.74) is 1.62. The summed E-state index contributed by atoms with van der Waals surface area (Å²) in [6, 6.07) is 8.48. The van der Waals surface area contributed by atoms with Crippen molar-refractivity contribution in [1.82, 2.24) is 0 Å². The van der Waals surface area contributed by atoms with Crippen LogP contribution in [-0.4, -0.2) is 14.3 Å². The number of sulfonamides is 1. The van der Waals surface area contributed by atoms with Gasteiger partial charge in [-0.25, -0.2) is 8.42 Å². The van der Waals surface area contributed by atoms with Crippen molar-refractivity contribution in [3.05, 3.63) is 46.7 Å². The predicted molar refractivity (Wildman–Crippen MR) is 76.0 cm³/mol. The van der Waals surface area contributed by atoms with Crippen LogP contribution in [0.1, 0.15) is 5.56 Å². The Morgan fingerprint density at radius 2 is 1.89 bits per heavy atom. The van der Waals surface area contributed by atoms with Gasteiger partial charge in [0.2, 0.25) is 0 Å². The fourth-order valence-corrected chi connectivity index (χ4v) is 3.41.